The van der Waals surface area contributed by atoms with Gasteiger partial charge in [0.15, 0.2) is 0 Å². The normalized spacial score (nSPS) is 11.2. The molecule has 0 heterocycles. The van der Waals surface area contributed by atoms with Crippen LogP contribution in [-0.2, 0) is 0 Å². The first-order chi connectivity index (χ1) is 10.3. The summed E-state index contributed by atoms with van der Waals surface area (Å²) in [5.41, 5.74) is 0.355. The second-order valence-corrected chi connectivity index (χ2v) is 5.16. The molecule has 0 aromatic heterocycles. The molecule has 4 aromatic rings. The van der Waals surface area contributed by atoms with Crippen LogP contribution in [0.5, 0.6) is 0 Å². The van der Waals surface area contributed by atoms with Gasteiger partial charge in [0.2, 0.25) is 0 Å². The first-order valence-electron chi connectivity index (χ1n) is 6.82. The van der Waals surface area contributed by atoms with Gasteiger partial charge in [0.25, 0.3) is 0 Å². The Bertz CT molecular complexity index is 1020. The first-order valence-corrected chi connectivity index (χ1v) is 6.82. The third-order valence-electron chi connectivity index (χ3n) is 3.98. The van der Waals surface area contributed by atoms with Crippen LogP contribution in [0, 0.1) is 0 Å². The third kappa shape index (κ3) is 1.69. The molecule has 100 valence electrons. The summed E-state index contributed by atoms with van der Waals surface area (Å²) >= 11 is 0. The number of hydrogen-bond donors (Lipinski definition) is 1. The number of rotatable bonds is 1. The summed E-state index contributed by atoms with van der Waals surface area (Å²) in [6.45, 7) is 0. The maximum atomic E-state index is 11.5. The minimum Gasteiger partial charge on any atom is -0.478 e. The number of carboxylic acid groups (broad SMARTS) is 1. The molecule has 0 amide bonds. The van der Waals surface area contributed by atoms with E-state index in [9.17, 15) is 9.90 Å². The molecule has 0 saturated carbocycles. The lowest BCUT2D eigenvalue weighted by Crippen LogP contribution is -1.98. The van der Waals surface area contributed by atoms with Crippen LogP contribution in [0.25, 0.3) is 32.3 Å². The third-order valence-corrected chi connectivity index (χ3v) is 3.98. The zero-order valence-corrected chi connectivity index (χ0v) is 11.2. The van der Waals surface area contributed by atoms with Crippen molar-refractivity contribution in [2.24, 2.45) is 0 Å². The predicted octanol–water partition coefficient (Wildman–Crippen LogP) is 4.84. The molecule has 2 heteroatoms. The zero-order chi connectivity index (χ0) is 14.4. The SMILES string of the molecule is O=C(O)c1cc2ccc3ccccc3c2c2ccccc12. The van der Waals surface area contributed by atoms with Crippen LogP contribution in [0.15, 0.2) is 66.7 Å². The van der Waals surface area contributed by atoms with E-state index in [0.29, 0.717) is 5.56 Å². The van der Waals surface area contributed by atoms with Crippen molar-refractivity contribution in [3.8, 4) is 0 Å². The smallest absolute Gasteiger partial charge is 0.336 e. The summed E-state index contributed by atoms with van der Waals surface area (Å²) in [4.78, 5) is 11.5. The molecule has 4 rings (SSSR count). The van der Waals surface area contributed by atoms with Crippen LogP contribution in [0.3, 0.4) is 0 Å². The van der Waals surface area contributed by atoms with E-state index in [1.807, 2.05) is 48.5 Å². The van der Waals surface area contributed by atoms with Gasteiger partial charge in [0.05, 0.1) is 5.56 Å². The molecule has 2 nitrogen and oxygen atoms in total. The number of fused-ring (bicyclic) bond motifs is 5. The van der Waals surface area contributed by atoms with E-state index in [-0.39, 0.29) is 0 Å². The highest BCUT2D eigenvalue weighted by Gasteiger charge is 2.13. The van der Waals surface area contributed by atoms with Crippen molar-refractivity contribution in [1.82, 2.24) is 0 Å². The van der Waals surface area contributed by atoms with Crippen molar-refractivity contribution in [1.29, 1.82) is 0 Å². The lowest BCUT2D eigenvalue weighted by molar-refractivity contribution is 0.0699. The van der Waals surface area contributed by atoms with Gasteiger partial charge in [-0.25, -0.2) is 4.79 Å². The fraction of sp³-hybridized carbons (Fsp3) is 0. The molecule has 0 fully saturated rings. The minimum absolute atomic E-state index is 0.355. The van der Waals surface area contributed by atoms with Crippen molar-refractivity contribution in [3.63, 3.8) is 0 Å². The second-order valence-electron chi connectivity index (χ2n) is 5.16. The van der Waals surface area contributed by atoms with Crippen molar-refractivity contribution in [2.45, 2.75) is 0 Å². The lowest BCUT2D eigenvalue weighted by atomic mass is 9.93. The molecular weight excluding hydrogens is 260 g/mol. The number of benzene rings is 4. The Kier molecular flexibility index (Phi) is 2.45. The van der Waals surface area contributed by atoms with E-state index in [2.05, 4.69) is 12.1 Å². The van der Waals surface area contributed by atoms with Gasteiger partial charge in [-0.1, -0.05) is 60.7 Å². The average molecular weight is 272 g/mol. The highest BCUT2D eigenvalue weighted by atomic mass is 16.4. The number of aromatic carboxylic acids is 1. The summed E-state index contributed by atoms with van der Waals surface area (Å²) in [7, 11) is 0. The largest absolute Gasteiger partial charge is 0.478 e. The van der Waals surface area contributed by atoms with Crippen molar-refractivity contribution in [2.75, 3.05) is 0 Å². The highest BCUT2D eigenvalue weighted by Crippen LogP contribution is 2.34. The van der Waals surface area contributed by atoms with Gasteiger partial charge < -0.3 is 5.11 Å². The van der Waals surface area contributed by atoms with Gasteiger partial charge in [-0.15, -0.1) is 0 Å². The number of carbonyl (C=O) groups is 1. The van der Waals surface area contributed by atoms with E-state index in [1.165, 1.54) is 5.39 Å². The van der Waals surface area contributed by atoms with Gasteiger partial charge in [0, 0.05) is 0 Å². The summed E-state index contributed by atoms with van der Waals surface area (Å²) in [6, 6.07) is 21.7. The van der Waals surface area contributed by atoms with Gasteiger partial charge in [-0.3, -0.25) is 0 Å². The van der Waals surface area contributed by atoms with E-state index in [0.717, 1.165) is 26.9 Å². The molecular formula is C19H12O2. The minimum atomic E-state index is -0.888. The summed E-state index contributed by atoms with van der Waals surface area (Å²) < 4.78 is 0. The van der Waals surface area contributed by atoms with Gasteiger partial charge >= 0.3 is 5.97 Å². The number of hydrogen-bond acceptors (Lipinski definition) is 1. The molecule has 0 radical (unpaired) electrons. The molecule has 0 atom stereocenters. The van der Waals surface area contributed by atoms with Crippen LogP contribution in [0.1, 0.15) is 10.4 Å². The van der Waals surface area contributed by atoms with Crippen LogP contribution in [0.4, 0.5) is 0 Å². The Balaban J connectivity index is 2.34. The quantitative estimate of drug-likeness (QED) is 0.503. The highest BCUT2D eigenvalue weighted by molar-refractivity contribution is 6.23. The van der Waals surface area contributed by atoms with E-state index < -0.39 is 5.97 Å². The monoisotopic (exact) mass is 272 g/mol. The van der Waals surface area contributed by atoms with Crippen LogP contribution < -0.4 is 0 Å². The van der Waals surface area contributed by atoms with Gasteiger partial charge in [-0.2, -0.15) is 0 Å². The summed E-state index contributed by atoms with van der Waals surface area (Å²) in [5.74, 6) is -0.888. The lowest BCUT2D eigenvalue weighted by Gasteiger charge is -2.10. The van der Waals surface area contributed by atoms with Gasteiger partial charge in [-0.05, 0) is 38.4 Å². The van der Waals surface area contributed by atoms with Crippen molar-refractivity contribution >= 4 is 38.3 Å². The molecule has 0 aliphatic rings. The first kappa shape index (κ1) is 11.9. The standard InChI is InChI=1S/C19H12O2/c20-19(21)17-11-13-10-9-12-5-1-2-6-14(12)18(13)16-8-4-3-7-15(16)17/h1-11H,(H,20,21). The predicted molar refractivity (Wildman–Crippen MR) is 85.9 cm³/mol. The van der Waals surface area contributed by atoms with Crippen molar-refractivity contribution in [3.05, 3.63) is 72.3 Å². The maximum Gasteiger partial charge on any atom is 0.336 e. The fourth-order valence-corrected chi connectivity index (χ4v) is 3.06. The molecule has 0 unspecified atom stereocenters. The molecule has 4 aromatic carbocycles. The maximum absolute atomic E-state index is 11.5. The number of carboxylic acids is 1. The average Bonchev–Trinajstić information content (AvgIpc) is 2.53. The van der Waals surface area contributed by atoms with E-state index >= 15 is 0 Å². The Morgan fingerprint density at radius 3 is 2.10 bits per heavy atom. The Hall–Kier alpha value is -2.87. The van der Waals surface area contributed by atoms with Crippen LogP contribution in [-0.4, -0.2) is 11.1 Å². The summed E-state index contributed by atoms with van der Waals surface area (Å²) in [6.07, 6.45) is 0. The van der Waals surface area contributed by atoms with Gasteiger partial charge in [0.1, 0.15) is 0 Å². The van der Waals surface area contributed by atoms with E-state index in [4.69, 9.17) is 0 Å². The van der Waals surface area contributed by atoms with E-state index in [1.54, 1.807) is 6.07 Å². The molecule has 0 spiro atoms. The Labute approximate surface area is 121 Å². The zero-order valence-electron chi connectivity index (χ0n) is 11.2. The second kappa shape index (κ2) is 4.32. The topological polar surface area (TPSA) is 37.3 Å². The Morgan fingerprint density at radius 2 is 1.33 bits per heavy atom. The van der Waals surface area contributed by atoms with Crippen LogP contribution in [0.2, 0.25) is 0 Å². The van der Waals surface area contributed by atoms with Crippen molar-refractivity contribution < 1.29 is 9.90 Å². The Morgan fingerprint density at radius 1 is 0.714 bits per heavy atom. The molecule has 0 aliphatic carbocycles. The van der Waals surface area contributed by atoms with Crippen LogP contribution >= 0.6 is 0 Å². The molecule has 0 saturated heterocycles. The summed E-state index contributed by atoms with van der Waals surface area (Å²) in [5, 5.41) is 15.6. The molecule has 1 N–H and O–H groups in total. The molecule has 0 bridgehead atoms. The molecule has 0 aliphatic heterocycles. The molecule has 21 heavy (non-hydrogen) atoms. The fourth-order valence-electron chi connectivity index (χ4n) is 3.06.